The molecule has 3 heteroatoms. The zero-order valence-corrected chi connectivity index (χ0v) is 10.7. The molecule has 1 spiro atoms. The van der Waals surface area contributed by atoms with Crippen LogP contribution in [0.5, 0.6) is 0 Å². The first-order valence-corrected chi connectivity index (χ1v) is 7.11. The predicted octanol–water partition coefficient (Wildman–Crippen LogP) is 2.15. The van der Waals surface area contributed by atoms with Crippen LogP contribution >= 0.6 is 11.3 Å². The minimum absolute atomic E-state index is 0.560. The summed E-state index contributed by atoms with van der Waals surface area (Å²) in [5, 5.41) is 5.73. The Labute approximate surface area is 102 Å². The second-order valence-electron chi connectivity index (χ2n) is 5.38. The van der Waals surface area contributed by atoms with Crippen LogP contribution in [0.4, 0.5) is 0 Å². The fourth-order valence-corrected chi connectivity index (χ4v) is 4.49. The van der Waals surface area contributed by atoms with Crippen molar-refractivity contribution in [2.75, 3.05) is 33.2 Å². The van der Waals surface area contributed by atoms with Gasteiger partial charge in [-0.3, -0.25) is 0 Å². The van der Waals surface area contributed by atoms with E-state index in [0.717, 1.165) is 5.92 Å². The lowest BCUT2D eigenvalue weighted by Crippen LogP contribution is -2.40. The summed E-state index contributed by atoms with van der Waals surface area (Å²) in [6.45, 7) is 4.95. The van der Waals surface area contributed by atoms with Gasteiger partial charge in [-0.15, -0.1) is 11.3 Å². The molecule has 0 amide bonds. The number of nitrogens with one attached hydrogen (secondary N) is 1. The van der Waals surface area contributed by atoms with Crippen LogP contribution in [0.1, 0.15) is 23.6 Å². The summed E-state index contributed by atoms with van der Waals surface area (Å²) in [7, 11) is 2.28. The average Bonchev–Trinajstić information content (AvgIpc) is 2.88. The van der Waals surface area contributed by atoms with Gasteiger partial charge in [-0.1, -0.05) is 6.07 Å². The first-order valence-electron chi connectivity index (χ1n) is 6.23. The maximum absolute atomic E-state index is 3.50. The lowest BCUT2D eigenvalue weighted by molar-refractivity contribution is 0.189. The third kappa shape index (κ3) is 1.71. The van der Waals surface area contributed by atoms with Crippen LogP contribution in [0.3, 0.4) is 0 Å². The Balaban J connectivity index is 1.90. The number of piperidine rings is 1. The van der Waals surface area contributed by atoms with Crippen molar-refractivity contribution in [3.63, 3.8) is 0 Å². The topological polar surface area (TPSA) is 15.3 Å². The van der Waals surface area contributed by atoms with Crippen LogP contribution in [-0.2, 0) is 0 Å². The third-order valence-corrected chi connectivity index (χ3v) is 5.29. The lowest BCUT2D eigenvalue weighted by atomic mass is 9.71. The van der Waals surface area contributed by atoms with E-state index < -0.39 is 0 Å². The van der Waals surface area contributed by atoms with Gasteiger partial charge in [0.05, 0.1) is 0 Å². The van der Waals surface area contributed by atoms with Crippen molar-refractivity contribution in [3.8, 4) is 0 Å². The van der Waals surface area contributed by atoms with Crippen LogP contribution in [0.2, 0.25) is 0 Å². The van der Waals surface area contributed by atoms with E-state index in [4.69, 9.17) is 0 Å². The molecule has 88 valence electrons. The van der Waals surface area contributed by atoms with Crippen molar-refractivity contribution in [3.05, 3.63) is 22.4 Å². The van der Waals surface area contributed by atoms with Gasteiger partial charge in [0.25, 0.3) is 0 Å². The van der Waals surface area contributed by atoms with Gasteiger partial charge in [-0.2, -0.15) is 0 Å². The van der Waals surface area contributed by atoms with Gasteiger partial charge in [0.2, 0.25) is 0 Å². The van der Waals surface area contributed by atoms with Crippen LogP contribution < -0.4 is 5.32 Å². The smallest absolute Gasteiger partial charge is 0.0130 e. The normalized spacial score (nSPS) is 29.9. The van der Waals surface area contributed by atoms with Crippen molar-refractivity contribution >= 4 is 11.3 Å². The molecule has 1 N–H and O–H groups in total. The van der Waals surface area contributed by atoms with Gasteiger partial charge in [0.1, 0.15) is 0 Å². The molecule has 0 aromatic carbocycles. The largest absolute Gasteiger partial charge is 0.317 e. The molecule has 2 aliphatic rings. The monoisotopic (exact) mass is 236 g/mol. The molecule has 2 aliphatic heterocycles. The van der Waals surface area contributed by atoms with E-state index >= 15 is 0 Å². The maximum atomic E-state index is 3.50. The molecule has 16 heavy (non-hydrogen) atoms. The quantitative estimate of drug-likeness (QED) is 0.804. The molecule has 0 radical (unpaired) electrons. The van der Waals surface area contributed by atoms with Crippen LogP contribution in [0.15, 0.2) is 17.5 Å². The maximum Gasteiger partial charge on any atom is 0.0130 e. The zero-order valence-electron chi connectivity index (χ0n) is 9.91. The van der Waals surface area contributed by atoms with Crippen molar-refractivity contribution in [1.82, 2.24) is 10.2 Å². The second-order valence-corrected chi connectivity index (χ2v) is 6.36. The van der Waals surface area contributed by atoms with Crippen LogP contribution in [0.25, 0.3) is 0 Å². The highest BCUT2D eigenvalue weighted by atomic mass is 32.1. The summed E-state index contributed by atoms with van der Waals surface area (Å²) >= 11 is 1.94. The Morgan fingerprint density at radius 3 is 2.94 bits per heavy atom. The van der Waals surface area contributed by atoms with Crippen LogP contribution in [-0.4, -0.2) is 38.1 Å². The van der Waals surface area contributed by atoms with E-state index in [9.17, 15) is 0 Å². The highest BCUT2D eigenvalue weighted by molar-refractivity contribution is 7.10. The molecule has 2 fully saturated rings. The van der Waals surface area contributed by atoms with E-state index in [1.54, 1.807) is 4.88 Å². The molecule has 0 saturated carbocycles. The molecular weight excluding hydrogens is 216 g/mol. The first kappa shape index (κ1) is 10.8. The molecule has 0 aliphatic carbocycles. The van der Waals surface area contributed by atoms with Gasteiger partial charge in [-0.05, 0) is 49.8 Å². The van der Waals surface area contributed by atoms with Gasteiger partial charge >= 0.3 is 0 Å². The SMILES string of the molecule is CN1CC(c2cccs2)C2(CCNCC2)C1. The molecule has 1 aromatic heterocycles. The molecule has 3 heterocycles. The molecule has 1 atom stereocenters. The molecule has 0 bridgehead atoms. The number of hydrogen-bond acceptors (Lipinski definition) is 3. The Morgan fingerprint density at radius 1 is 1.44 bits per heavy atom. The van der Waals surface area contributed by atoms with E-state index in [2.05, 4.69) is 34.8 Å². The van der Waals surface area contributed by atoms with Crippen molar-refractivity contribution in [2.45, 2.75) is 18.8 Å². The minimum Gasteiger partial charge on any atom is -0.317 e. The number of hydrogen-bond donors (Lipinski definition) is 1. The fourth-order valence-electron chi connectivity index (χ4n) is 3.53. The standard InChI is InChI=1S/C13H20N2S/c1-15-9-11(12-3-2-8-16-12)13(10-15)4-6-14-7-5-13/h2-3,8,11,14H,4-7,9-10H2,1H3. The van der Waals surface area contributed by atoms with Crippen molar-refractivity contribution < 1.29 is 0 Å². The van der Waals surface area contributed by atoms with Gasteiger partial charge in [-0.25, -0.2) is 0 Å². The summed E-state index contributed by atoms with van der Waals surface area (Å²) in [6, 6.07) is 4.53. The minimum atomic E-state index is 0.560. The van der Waals surface area contributed by atoms with Gasteiger partial charge < -0.3 is 10.2 Å². The number of nitrogens with zero attached hydrogens (tertiary/aromatic N) is 1. The van der Waals surface area contributed by atoms with Gasteiger partial charge in [0, 0.05) is 23.9 Å². The number of likely N-dealkylation sites (tertiary alicyclic amines) is 1. The van der Waals surface area contributed by atoms with E-state index in [0.29, 0.717) is 5.41 Å². The van der Waals surface area contributed by atoms with Crippen molar-refractivity contribution in [2.24, 2.45) is 5.41 Å². The Hall–Kier alpha value is -0.380. The Bertz CT molecular complexity index is 341. The Kier molecular flexibility index (Phi) is 2.78. The summed E-state index contributed by atoms with van der Waals surface area (Å²) in [5.41, 5.74) is 0.560. The van der Waals surface area contributed by atoms with Crippen molar-refractivity contribution in [1.29, 1.82) is 0 Å². The molecule has 2 saturated heterocycles. The summed E-state index contributed by atoms with van der Waals surface area (Å²) in [6.07, 6.45) is 2.69. The first-order chi connectivity index (χ1) is 7.80. The highest BCUT2D eigenvalue weighted by Crippen LogP contribution is 2.49. The van der Waals surface area contributed by atoms with E-state index in [-0.39, 0.29) is 0 Å². The number of rotatable bonds is 1. The van der Waals surface area contributed by atoms with E-state index in [1.165, 1.54) is 39.0 Å². The number of thiophene rings is 1. The molecule has 1 aromatic rings. The second kappa shape index (κ2) is 4.13. The Morgan fingerprint density at radius 2 is 2.25 bits per heavy atom. The van der Waals surface area contributed by atoms with E-state index in [1.807, 2.05) is 11.3 Å². The fraction of sp³-hybridized carbons (Fsp3) is 0.692. The third-order valence-electron chi connectivity index (χ3n) is 4.30. The number of likely N-dealkylation sites (N-methyl/N-ethyl adjacent to an activating group) is 1. The molecule has 2 nitrogen and oxygen atoms in total. The molecule has 3 rings (SSSR count). The molecule has 1 unspecified atom stereocenters. The lowest BCUT2D eigenvalue weighted by Gasteiger charge is -2.38. The summed E-state index contributed by atoms with van der Waals surface area (Å²) < 4.78 is 0. The average molecular weight is 236 g/mol. The van der Waals surface area contributed by atoms with Gasteiger partial charge in [0.15, 0.2) is 0 Å². The zero-order chi connectivity index (χ0) is 11.0. The summed E-state index contributed by atoms with van der Waals surface area (Å²) in [4.78, 5) is 4.13. The van der Waals surface area contributed by atoms with Crippen LogP contribution in [0, 0.1) is 5.41 Å². The predicted molar refractivity (Wildman–Crippen MR) is 69.1 cm³/mol. The molecular formula is C13H20N2S. The summed E-state index contributed by atoms with van der Waals surface area (Å²) in [5.74, 6) is 0.777. The highest BCUT2D eigenvalue weighted by Gasteiger charge is 2.46.